The molecule has 0 aliphatic carbocycles. The van der Waals surface area contributed by atoms with Crippen molar-refractivity contribution in [3.63, 3.8) is 0 Å². The second-order valence-corrected chi connectivity index (χ2v) is 6.95. The second-order valence-electron chi connectivity index (χ2n) is 5.00. The molecule has 0 aliphatic heterocycles. The number of aromatic nitrogens is 2. The van der Waals surface area contributed by atoms with E-state index >= 15 is 0 Å². The number of benzene rings is 1. The highest BCUT2D eigenvalue weighted by molar-refractivity contribution is 7.99. The fourth-order valence-electron chi connectivity index (χ4n) is 1.94. The topological polar surface area (TPSA) is 84.0 Å². The normalized spacial score (nSPS) is 10.3. The van der Waals surface area contributed by atoms with Crippen molar-refractivity contribution in [2.45, 2.75) is 5.03 Å². The molecule has 2 heterocycles. The molecule has 26 heavy (non-hydrogen) atoms. The molecule has 3 aromatic rings. The Morgan fingerprint density at radius 3 is 2.58 bits per heavy atom. The van der Waals surface area contributed by atoms with Gasteiger partial charge in [0.2, 0.25) is 5.91 Å². The van der Waals surface area contributed by atoms with Gasteiger partial charge < -0.3 is 10.6 Å². The van der Waals surface area contributed by atoms with Gasteiger partial charge in [-0.25, -0.2) is 4.39 Å². The van der Waals surface area contributed by atoms with Gasteiger partial charge >= 0.3 is 0 Å². The van der Waals surface area contributed by atoms with Gasteiger partial charge in [0.25, 0.3) is 5.91 Å². The maximum atomic E-state index is 13.5. The summed E-state index contributed by atoms with van der Waals surface area (Å²) in [4.78, 5) is 24.4. The third-order valence-electron chi connectivity index (χ3n) is 3.13. The lowest BCUT2D eigenvalue weighted by Crippen LogP contribution is -2.15. The van der Waals surface area contributed by atoms with Crippen LogP contribution in [0, 0.1) is 5.82 Å². The van der Waals surface area contributed by atoms with Gasteiger partial charge in [0.05, 0.1) is 16.3 Å². The van der Waals surface area contributed by atoms with E-state index in [0.717, 1.165) is 11.8 Å². The summed E-state index contributed by atoms with van der Waals surface area (Å²) >= 11 is 2.49. The average Bonchev–Trinajstić information content (AvgIpc) is 3.18. The van der Waals surface area contributed by atoms with Crippen LogP contribution in [-0.2, 0) is 4.79 Å². The summed E-state index contributed by atoms with van der Waals surface area (Å²) in [6.45, 7) is 0. The zero-order valence-corrected chi connectivity index (χ0v) is 14.9. The predicted octanol–water partition coefficient (Wildman–Crippen LogP) is 3.66. The molecule has 2 aromatic heterocycles. The molecule has 1 aromatic carbocycles. The number of carbonyl (C=O) groups is 2. The molecule has 132 valence electrons. The Hall–Kier alpha value is -2.78. The molecule has 0 saturated heterocycles. The maximum absolute atomic E-state index is 13.5. The molecular formula is C17H13FN4O2S2. The second kappa shape index (κ2) is 8.54. The lowest BCUT2D eigenvalue weighted by Gasteiger charge is -2.06. The molecule has 0 atom stereocenters. The van der Waals surface area contributed by atoms with Gasteiger partial charge in [-0.3, -0.25) is 9.59 Å². The van der Waals surface area contributed by atoms with Crippen LogP contribution in [0.3, 0.4) is 0 Å². The Morgan fingerprint density at radius 1 is 1.04 bits per heavy atom. The van der Waals surface area contributed by atoms with Crippen LogP contribution < -0.4 is 10.6 Å². The lowest BCUT2D eigenvalue weighted by molar-refractivity contribution is -0.113. The highest BCUT2D eigenvalue weighted by Crippen LogP contribution is 2.18. The van der Waals surface area contributed by atoms with E-state index in [2.05, 4.69) is 20.8 Å². The number of halogens is 1. The number of para-hydroxylation sites is 1. The monoisotopic (exact) mass is 388 g/mol. The van der Waals surface area contributed by atoms with E-state index in [9.17, 15) is 14.0 Å². The van der Waals surface area contributed by atoms with E-state index in [1.807, 2.05) is 5.38 Å². The molecule has 0 aliphatic rings. The van der Waals surface area contributed by atoms with Crippen LogP contribution in [0.15, 0.2) is 58.9 Å². The van der Waals surface area contributed by atoms with E-state index in [0.29, 0.717) is 15.7 Å². The molecule has 0 saturated carbocycles. The molecule has 2 N–H and O–H groups in total. The lowest BCUT2D eigenvalue weighted by atomic mass is 10.3. The van der Waals surface area contributed by atoms with Gasteiger partial charge in [0, 0.05) is 0 Å². The van der Waals surface area contributed by atoms with Crippen LogP contribution in [0.2, 0.25) is 0 Å². The van der Waals surface area contributed by atoms with Gasteiger partial charge in [-0.15, -0.1) is 21.5 Å². The Bertz CT molecular complexity index is 901. The predicted molar refractivity (Wildman–Crippen MR) is 100 cm³/mol. The van der Waals surface area contributed by atoms with Gasteiger partial charge in [-0.05, 0) is 35.7 Å². The molecule has 0 fully saturated rings. The van der Waals surface area contributed by atoms with Crippen LogP contribution >= 0.6 is 23.1 Å². The molecule has 0 spiro atoms. The number of nitrogens with zero attached hydrogens (tertiary/aromatic N) is 2. The molecule has 0 unspecified atom stereocenters. The van der Waals surface area contributed by atoms with Crippen molar-refractivity contribution >= 4 is 46.4 Å². The summed E-state index contributed by atoms with van der Waals surface area (Å²) in [7, 11) is 0. The van der Waals surface area contributed by atoms with Crippen molar-refractivity contribution in [2.75, 3.05) is 16.4 Å². The number of rotatable bonds is 6. The molecule has 3 rings (SSSR count). The zero-order chi connectivity index (χ0) is 18.4. The van der Waals surface area contributed by atoms with Gasteiger partial charge in [0.1, 0.15) is 10.8 Å². The van der Waals surface area contributed by atoms with Crippen molar-refractivity contribution in [3.05, 3.63) is 64.6 Å². The number of nitrogens with one attached hydrogen (secondary N) is 2. The third-order valence-corrected chi connectivity index (χ3v) is 4.91. The Kier molecular flexibility index (Phi) is 5.92. The summed E-state index contributed by atoms with van der Waals surface area (Å²) < 4.78 is 13.5. The van der Waals surface area contributed by atoms with Crippen LogP contribution in [0.1, 0.15) is 9.67 Å². The smallest absolute Gasteiger partial charge is 0.266 e. The molecular weight excluding hydrogens is 375 g/mol. The number of anilines is 2. The number of amides is 2. The Labute approximate surface area is 156 Å². The maximum Gasteiger partial charge on any atom is 0.266 e. The quantitative estimate of drug-likeness (QED) is 0.630. The highest BCUT2D eigenvalue weighted by atomic mass is 32.2. The van der Waals surface area contributed by atoms with Gasteiger partial charge in [-0.1, -0.05) is 30.0 Å². The van der Waals surface area contributed by atoms with E-state index in [1.54, 1.807) is 36.4 Å². The van der Waals surface area contributed by atoms with E-state index in [4.69, 9.17) is 0 Å². The standard InChI is InChI=1S/C17H13FN4O2S2/c18-11-4-1-2-5-12(11)19-15(23)10-26-16-8-7-14(21-22-16)20-17(24)13-6-3-9-25-13/h1-9H,10H2,(H,19,23)(H,20,21,24). The highest BCUT2D eigenvalue weighted by Gasteiger charge is 2.10. The molecule has 0 bridgehead atoms. The fourth-order valence-corrected chi connectivity index (χ4v) is 3.17. The van der Waals surface area contributed by atoms with E-state index in [-0.39, 0.29) is 23.3 Å². The molecule has 2 amide bonds. The van der Waals surface area contributed by atoms with Crippen LogP contribution in [-0.4, -0.2) is 27.8 Å². The molecule has 9 heteroatoms. The first-order valence-corrected chi connectivity index (χ1v) is 9.34. The first kappa shape index (κ1) is 18.0. The van der Waals surface area contributed by atoms with Crippen molar-refractivity contribution in [3.8, 4) is 0 Å². The summed E-state index contributed by atoms with van der Waals surface area (Å²) in [6.07, 6.45) is 0. The zero-order valence-electron chi connectivity index (χ0n) is 13.3. The Balaban J connectivity index is 1.50. The average molecular weight is 388 g/mol. The SMILES string of the molecule is O=C(CSc1ccc(NC(=O)c2cccs2)nn1)Nc1ccccc1F. The number of thioether (sulfide) groups is 1. The van der Waals surface area contributed by atoms with Crippen LogP contribution in [0.25, 0.3) is 0 Å². The van der Waals surface area contributed by atoms with E-state index in [1.165, 1.54) is 23.5 Å². The minimum Gasteiger partial charge on any atom is -0.323 e. The van der Waals surface area contributed by atoms with Crippen molar-refractivity contribution < 1.29 is 14.0 Å². The Morgan fingerprint density at radius 2 is 1.88 bits per heavy atom. The number of hydrogen-bond donors (Lipinski definition) is 2. The van der Waals surface area contributed by atoms with E-state index < -0.39 is 5.82 Å². The van der Waals surface area contributed by atoms with Crippen LogP contribution in [0.4, 0.5) is 15.9 Å². The summed E-state index contributed by atoms with van der Waals surface area (Å²) in [6, 6.07) is 12.7. The van der Waals surface area contributed by atoms with Gasteiger partial charge in [-0.2, -0.15) is 0 Å². The first-order chi connectivity index (χ1) is 12.6. The minimum atomic E-state index is -0.489. The molecule has 0 radical (unpaired) electrons. The number of thiophene rings is 1. The summed E-state index contributed by atoms with van der Waals surface area (Å²) in [5, 5.41) is 15.3. The van der Waals surface area contributed by atoms with Crippen molar-refractivity contribution in [1.82, 2.24) is 10.2 Å². The molecule has 6 nitrogen and oxygen atoms in total. The third kappa shape index (κ3) is 4.87. The largest absolute Gasteiger partial charge is 0.323 e. The summed E-state index contributed by atoms with van der Waals surface area (Å²) in [5.74, 6) is -0.708. The minimum absolute atomic E-state index is 0.0594. The number of carbonyl (C=O) groups excluding carboxylic acids is 2. The fraction of sp³-hybridized carbons (Fsp3) is 0.0588. The summed E-state index contributed by atoms with van der Waals surface area (Å²) in [5.41, 5.74) is 0.135. The first-order valence-electron chi connectivity index (χ1n) is 7.47. The van der Waals surface area contributed by atoms with Crippen molar-refractivity contribution in [2.24, 2.45) is 0 Å². The van der Waals surface area contributed by atoms with Crippen molar-refractivity contribution in [1.29, 1.82) is 0 Å². The number of hydrogen-bond acceptors (Lipinski definition) is 6. The van der Waals surface area contributed by atoms with Gasteiger partial charge in [0.15, 0.2) is 5.82 Å². The van der Waals surface area contributed by atoms with Crippen LogP contribution in [0.5, 0.6) is 0 Å².